The molecule has 0 bridgehead atoms. The molecule has 5 heteroatoms. The number of hydrogen-bond acceptors (Lipinski definition) is 3. The summed E-state index contributed by atoms with van der Waals surface area (Å²) < 4.78 is 5.61. The van der Waals surface area contributed by atoms with Crippen LogP contribution in [0.4, 0.5) is 5.69 Å². The summed E-state index contributed by atoms with van der Waals surface area (Å²) in [5.74, 6) is -0.159. The number of nitrogens with two attached hydrogens (primary N) is 1. The number of nitrogens with one attached hydrogen (secondary N) is 1. The fraction of sp³-hybridized carbons (Fsp3) is 0.462. The summed E-state index contributed by atoms with van der Waals surface area (Å²) in [5, 5.41) is 3.26. The van der Waals surface area contributed by atoms with Crippen LogP contribution in [0.25, 0.3) is 0 Å². The van der Waals surface area contributed by atoms with Crippen LogP contribution in [0, 0.1) is 0 Å². The molecule has 1 aromatic rings. The van der Waals surface area contributed by atoms with E-state index in [-0.39, 0.29) is 11.5 Å². The van der Waals surface area contributed by atoms with Gasteiger partial charge in [-0.2, -0.15) is 0 Å². The molecule has 0 saturated carbocycles. The third kappa shape index (κ3) is 2.94. The number of benzene rings is 1. The predicted molar refractivity (Wildman–Crippen MR) is 71.8 cm³/mol. The fourth-order valence-electron chi connectivity index (χ4n) is 2.01. The molecule has 1 aliphatic rings. The number of halogens is 1. The summed E-state index contributed by atoms with van der Waals surface area (Å²) in [5.41, 5.74) is 6.34. The summed E-state index contributed by atoms with van der Waals surface area (Å²) in [6, 6.07) is 4.86. The van der Waals surface area contributed by atoms with Crippen LogP contribution in [0.1, 0.15) is 30.1 Å². The van der Waals surface area contributed by atoms with Crippen LogP contribution in [-0.4, -0.2) is 24.7 Å². The van der Waals surface area contributed by atoms with Crippen LogP contribution in [0.5, 0.6) is 0 Å². The number of carbonyl (C=O) groups excluding carboxylic acids is 1. The van der Waals surface area contributed by atoms with Crippen molar-refractivity contribution in [1.29, 1.82) is 0 Å². The number of amides is 1. The molecule has 1 heterocycles. The first-order valence-corrected chi connectivity index (χ1v) is 6.35. The Hall–Kier alpha value is -1.26. The van der Waals surface area contributed by atoms with Crippen molar-refractivity contribution in [3.8, 4) is 0 Å². The van der Waals surface area contributed by atoms with Crippen molar-refractivity contribution < 1.29 is 9.53 Å². The summed E-state index contributed by atoms with van der Waals surface area (Å²) in [7, 11) is 0. The lowest BCUT2D eigenvalue weighted by atomic mass is 10.0. The molecule has 0 radical (unpaired) electrons. The quantitative estimate of drug-likeness (QED) is 0.826. The van der Waals surface area contributed by atoms with Crippen LogP contribution in [0.3, 0.4) is 0 Å². The highest BCUT2D eigenvalue weighted by atomic mass is 35.5. The zero-order valence-electron chi connectivity index (χ0n) is 10.3. The van der Waals surface area contributed by atoms with Gasteiger partial charge in [0, 0.05) is 18.7 Å². The molecule has 1 unspecified atom stereocenters. The van der Waals surface area contributed by atoms with Crippen molar-refractivity contribution in [2.45, 2.75) is 25.4 Å². The maximum Gasteiger partial charge on any atom is 0.251 e. The Morgan fingerprint density at radius 1 is 1.61 bits per heavy atom. The molecule has 1 fully saturated rings. The first kappa shape index (κ1) is 13.2. The smallest absolute Gasteiger partial charge is 0.251 e. The fourth-order valence-corrected chi connectivity index (χ4v) is 2.19. The van der Waals surface area contributed by atoms with Gasteiger partial charge in [-0.15, -0.1) is 0 Å². The number of rotatable bonds is 3. The Morgan fingerprint density at radius 3 is 3.00 bits per heavy atom. The monoisotopic (exact) mass is 268 g/mol. The van der Waals surface area contributed by atoms with E-state index in [4.69, 9.17) is 22.1 Å². The highest BCUT2D eigenvalue weighted by Gasteiger charge is 2.30. The number of ether oxygens (including phenoxy) is 1. The number of nitrogen functional groups attached to an aromatic ring is 1. The van der Waals surface area contributed by atoms with Crippen molar-refractivity contribution in [3.63, 3.8) is 0 Å². The molecule has 98 valence electrons. The maximum atomic E-state index is 11.9. The van der Waals surface area contributed by atoms with E-state index in [1.807, 2.05) is 6.92 Å². The highest BCUT2D eigenvalue weighted by Crippen LogP contribution is 2.24. The molecule has 1 aliphatic heterocycles. The average molecular weight is 269 g/mol. The van der Waals surface area contributed by atoms with E-state index in [0.29, 0.717) is 22.8 Å². The van der Waals surface area contributed by atoms with Gasteiger partial charge in [0.05, 0.1) is 16.3 Å². The highest BCUT2D eigenvalue weighted by molar-refractivity contribution is 6.33. The van der Waals surface area contributed by atoms with Gasteiger partial charge in [0.25, 0.3) is 5.91 Å². The number of anilines is 1. The SMILES string of the molecule is CC1(CNC(=O)c2ccc(N)c(Cl)c2)CCCO1. The topological polar surface area (TPSA) is 64.4 Å². The number of carbonyl (C=O) groups is 1. The Labute approximate surface area is 111 Å². The second-order valence-electron chi connectivity index (χ2n) is 4.82. The van der Waals surface area contributed by atoms with E-state index in [0.717, 1.165) is 19.4 Å². The summed E-state index contributed by atoms with van der Waals surface area (Å²) in [6.45, 7) is 3.28. The van der Waals surface area contributed by atoms with Crippen LogP contribution in [0.15, 0.2) is 18.2 Å². The van der Waals surface area contributed by atoms with Crippen LogP contribution in [0.2, 0.25) is 5.02 Å². The minimum absolute atomic E-state index is 0.159. The Bertz CT molecular complexity index is 456. The zero-order valence-corrected chi connectivity index (χ0v) is 11.1. The van der Waals surface area contributed by atoms with Gasteiger partial charge in [-0.25, -0.2) is 0 Å². The molecule has 1 aromatic carbocycles. The van der Waals surface area contributed by atoms with E-state index in [9.17, 15) is 4.79 Å². The second-order valence-corrected chi connectivity index (χ2v) is 5.23. The lowest BCUT2D eigenvalue weighted by molar-refractivity contribution is 0.0206. The Balaban J connectivity index is 1.97. The molecule has 3 N–H and O–H groups in total. The van der Waals surface area contributed by atoms with Crippen molar-refractivity contribution in [2.24, 2.45) is 0 Å². The van der Waals surface area contributed by atoms with Gasteiger partial charge in [-0.1, -0.05) is 11.6 Å². The van der Waals surface area contributed by atoms with Gasteiger partial charge >= 0.3 is 0 Å². The first-order chi connectivity index (χ1) is 8.50. The van der Waals surface area contributed by atoms with Gasteiger partial charge in [0.2, 0.25) is 0 Å². The third-order valence-corrected chi connectivity index (χ3v) is 3.51. The molecule has 18 heavy (non-hydrogen) atoms. The van der Waals surface area contributed by atoms with E-state index in [1.165, 1.54) is 0 Å². The number of hydrogen-bond donors (Lipinski definition) is 2. The van der Waals surface area contributed by atoms with Gasteiger partial charge in [0.1, 0.15) is 0 Å². The molecule has 1 saturated heterocycles. The molecule has 0 spiro atoms. The molecule has 4 nitrogen and oxygen atoms in total. The molecular weight excluding hydrogens is 252 g/mol. The van der Waals surface area contributed by atoms with E-state index in [1.54, 1.807) is 18.2 Å². The predicted octanol–water partition coefficient (Wildman–Crippen LogP) is 2.22. The summed E-state index contributed by atoms with van der Waals surface area (Å²) in [4.78, 5) is 11.9. The third-order valence-electron chi connectivity index (χ3n) is 3.19. The summed E-state index contributed by atoms with van der Waals surface area (Å²) >= 11 is 5.88. The lowest BCUT2D eigenvalue weighted by Gasteiger charge is -2.23. The normalized spacial score (nSPS) is 23.0. The van der Waals surface area contributed by atoms with Gasteiger partial charge in [0.15, 0.2) is 0 Å². The van der Waals surface area contributed by atoms with Gasteiger partial charge < -0.3 is 15.8 Å². The maximum absolute atomic E-state index is 11.9. The molecule has 0 aliphatic carbocycles. The minimum Gasteiger partial charge on any atom is -0.398 e. The molecular formula is C13H17ClN2O2. The average Bonchev–Trinajstić information content (AvgIpc) is 2.77. The first-order valence-electron chi connectivity index (χ1n) is 5.97. The molecule has 2 rings (SSSR count). The van der Waals surface area contributed by atoms with Crippen LogP contribution < -0.4 is 11.1 Å². The van der Waals surface area contributed by atoms with Crippen molar-refractivity contribution in [3.05, 3.63) is 28.8 Å². The standard InChI is InChI=1S/C13H17ClN2O2/c1-13(5-2-6-18-13)8-16-12(17)9-3-4-11(15)10(14)7-9/h3-4,7H,2,5-6,8,15H2,1H3,(H,16,17). The zero-order chi connectivity index (χ0) is 13.2. The molecule has 1 atom stereocenters. The van der Waals surface area contributed by atoms with Gasteiger partial charge in [-0.05, 0) is 38.0 Å². The van der Waals surface area contributed by atoms with Crippen LogP contribution >= 0.6 is 11.6 Å². The van der Waals surface area contributed by atoms with Crippen molar-refractivity contribution >= 4 is 23.2 Å². The molecule has 1 amide bonds. The van der Waals surface area contributed by atoms with E-state index >= 15 is 0 Å². The van der Waals surface area contributed by atoms with Crippen LogP contribution in [-0.2, 0) is 4.74 Å². The van der Waals surface area contributed by atoms with Gasteiger partial charge in [-0.3, -0.25) is 4.79 Å². The largest absolute Gasteiger partial charge is 0.398 e. The lowest BCUT2D eigenvalue weighted by Crippen LogP contribution is -2.40. The minimum atomic E-state index is -0.243. The Kier molecular flexibility index (Phi) is 3.78. The summed E-state index contributed by atoms with van der Waals surface area (Å²) in [6.07, 6.45) is 2.01. The second kappa shape index (κ2) is 5.16. The van der Waals surface area contributed by atoms with E-state index < -0.39 is 0 Å². The molecule has 0 aromatic heterocycles. The van der Waals surface area contributed by atoms with Crippen molar-refractivity contribution in [1.82, 2.24) is 5.32 Å². The Morgan fingerprint density at radius 2 is 2.39 bits per heavy atom. The van der Waals surface area contributed by atoms with E-state index in [2.05, 4.69) is 5.32 Å². The van der Waals surface area contributed by atoms with Crippen molar-refractivity contribution in [2.75, 3.05) is 18.9 Å².